The van der Waals surface area contributed by atoms with Crippen molar-refractivity contribution in [1.29, 1.82) is 0 Å². The lowest BCUT2D eigenvalue weighted by molar-refractivity contribution is 0.288. The molecule has 6 nitrogen and oxygen atoms in total. The molecule has 1 aliphatic rings. The number of ether oxygens (including phenoxy) is 1. The maximum atomic E-state index is 5.63. The van der Waals surface area contributed by atoms with Crippen LogP contribution in [0.3, 0.4) is 0 Å². The van der Waals surface area contributed by atoms with Crippen molar-refractivity contribution in [3.63, 3.8) is 0 Å². The number of H-pyrrole nitrogens is 1. The molecule has 0 unspecified atom stereocenters. The van der Waals surface area contributed by atoms with E-state index in [1.807, 2.05) is 19.0 Å². The highest BCUT2D eigenvalue weighted by atomic mass is 16.5. The summed E-state index contributed by atoms with van der Waals surface area (Å²) >= 11 is 0. The van der Waals surface area contributed by atoms with Gasteiger partial charge in [-0.1, -0.05) is 12.1 Å². The van der Waals surface area contributed by atoms with Gasteiger partial charge in [0.2, 0.25) is 5.95 Å². The fourth-order valence-corrected chi connectivity index (χ4v) is 2.41. The summed E-state index contributed by atoms with van der Waals surface area (Å²) in [5, 5.41) is 10.5. The monoisotopic (exact) mass is 287 g/mol. The molecule has 1 aromatic carbocycles. The highest BCUT2D eigenvalue weighted by molar-refractivity contribution is 5.38. The van der Waals surface area contributed by atoms with E-state index in [1.54, 1.807) is 0 Å². The number of anilines is 1. The average Bonchev–Trinajstić information content (AvgIpc) is 2.96. The largest absolute Gasteiger partial charge is 0.493 e. The maximum absolute atomic E-state index is 5.63. The Morgan fingerprint density at radius 1 is 1.33 bits per heavy atom. The maximum Gasteiger partial charge on any atom is 0.244 e. The topological polar surface area (TPSA) is 66.1 Å². The van der Waals surface area contributed by atoms with Crippen molar-refractivity contribution in [1.82, 2.24) is 20.5 Å². The van der Waals surface area contributed by atoms with Gasteiger partial charge in [0.25, 0.3) is 0 Å². The third-order valence-corrected chi connectivity index (χ3v) is 3.51. The summed E-state index contributed by atoms with van der Waals surface area (Å²) in [4.78, 5) is 6.27. The Balaban J connectivity index is 1.55. The molecule has 0 amide bonds. The summed E-state index contributed by atoms with van der Waals surface area (Å²) in [6.07, 6.45) is 2.22. The Bertz CT molecular complexity index is 608. The molecule has 0 spiro atoms. The van der Waals surface area contributed by atoms with Crippen molar-refractivity contribution in [2.45, 2.75) is 25.9 Å². The van der Waals surface area contributed by atoms with Crippen LogP contribution in [0.5, 0.6) is 5.75 Å². The van der Waals surface area contributed by atoms with Crippen LogP contribution in [-0.4, -0.2) is 35.9 Å². The molecule has 0 bridgehead atoms. The number of aryl methyl sites for hydroxylation is 1. The molecule has 2 N–H and O–H groups in total. The van der Waals surface area contributed by atoms with Gasteiger partial charge in [0.1, 0.15) is 11.6 Å². The Morgan fingerprint density at radius 3 is 3.05 bits per heavy atom. The SMILES string of the molecule is CN(C)c1n[nH]c(CNCc2ccc3c(c2)CCCO3)n1. The first-order valence-corrected chi connectivity index (χ1v) is 7.26. The molecule has 3 rings (SSSR count). The standard InChI is InChI=1S/C15H21N5O/c1-20(2)15-17-14(18-19-15)10-16-9-11-5-6-13-12(8-11)4-3-7-21-13/h5-6,8,16H,3-4,7,9-10H2,1-2H3,(H,17,18,19). The van der Waals surface area contributed by atoms with Crippen molar-refractivity contribution in [2.24, 2.45) is 0 Å². The molecule has 1 aliphatic heterocycles. The fraction of sp³-hybridized carbons (Fsp3) is 0.467. The van der Waals surface area contributed by atoms with Crippen LogP contribution in [0.25, 0.3) is 0 Å². The lowest BCUT2D eigenvalue weighted by Crippen LogP contribution is -2.15. The molecule has 0 saturated heterocycles. The molecule has 0 aliphatic carbocycles. The van der Waals surface area contributed by atoms with E-state index in [0.717, 1.165) is 37.6 Å². The van der Waals surface area contributed by atoms with Gasteiger partial charge in [-0.25, -0.2) is 0 Å². The molecular formula is C15H21N5O. The van der Waals surface area contributed by atoms with Crippen LogP contribution in [0, 0.1) is 0 Å². The Morgan fingerprint density at radius 2 is 2.24 bits per heavy atom. The number of hydrogen-bond donors (Lipinski definition) is 2. The number of benzene rings is 1. The first kappa shape index (κ1) is 13.9. The van der Waals surface area contributed by atoms with Gasteiger partial charge in [-0.2, -0.15) is 4.98 Å². The summed E-state index contributed by atoms with van der Waals surface area (Å²) in [6, 6.07) is 6.42. The normalized spacial score (nSPS) is 13.6. The van der Waals surface area contributed by atoms with Crippen molar-refractivity contribution in [3.8, 4) is 5.75 Å². The van der Waals surface area contributed by atoms with E-state index < -0.39 is 0 Å². The summed E-state index contributed by atoms with van der Waals surface area (Å²) in [6.45, 7) is 2.32. The van der Waals surface area contributed by atoms with Crippen molar-refractivity contribution in [3.05, 3.63) is 35.2 Å². The van der Waals surface area contributed by atoms with Gasteiger partial charge in [0.05, 0.1) is 13.2 Å². The van der Waals surface area contributed by atoms with Crippen molar-refractivity contribution in [2.75, 3.05) is 25.6 Å². The molecule has 6 heteroatoms. The number of hydrogen-bond acceptors (Lipinski definition) is 5. The molecule has 21 heavy (non-hydrogen) atoms. The zero-order valence-corrected chi connectivity index (χ0v) is 12.5. The minimum Gasteiger partial charge on any atom is -0.493 e. The predicted octanol–water partition coefficient (Wildman–Crippen LogP) is 1.49. The number of aromatic amines is 1. The second kappa shape index (κ2) is 6.13. The summed E-state index contributed by atoms with van der Waals surface area (Å²) in [5.74, 6) is 2.59. The minimum absolute atomic E-state index is 0.675. The van der Waals surface area contributed by atoms with E-state index in [4.69, 9.17) is 4.74 Å². The van der Waals surface area contributed by atoms with Gasteiger partial charge < -0.3 is 15.0 Å². The third-order valence-electron chi connectivity index (χ3n) is 3.51. The highest BCUT2D eigenvalue weighted by Gasteiger charge is 2.10. The lowest BCUT2D eigenvalue weighted by Gasteiger charge is -2.17. The predicted molar refractivity (Wildman–Crippen MR) is 81.5 cm³/mol. The molecular weight excluding hydrogens is 266 g/mol. The van der Waals surface area contributed by atoms with Gasteiger partial charge in [0.15, 0.2) is 0 Å². The Labute approximate surface area is 124 Å². The molecule has 1 aromatic heterocycles. The number of fused-ring (bicyclic) bond motifs is 1. The fourth-order valence-electron chi connectivity index (χ4n) is 2.41. The smallest absolute Gasteiger partial charge is 0.244 e. The Hall–Kier alpha value is -2.08. The van der Waals surface area contributed by atoms with Crippen LogP contribution in [0.4, 0.5) is 5.95 Å². The minimum atomic E-state index is 0.675. The molecule has 0 saturated carbocycles. The van der Waals surface area contributed by atoms with Crippen LogP contribution < -0.4 is 15.0 Å². The van der Waals surface area contributed by atoms with Crippen LogP contribution in [-0.2, 0) is 19.5 Å². The molecule has 2 aromatic rings. The Kier molecular flexibility index (Phi) is 4.06. The van der Waals surface area contributed by atoms with Gasteiger partial charge in [-0.3, -0.25) is 5.10 Å². The zero-order valence-electron chi connectivity index (χ0n) is 12.5. The average molecular weight is 287 g/mol. The van der Waals surface area contributed by atoms with E-state index in [9.17, 15) is 0 Å². The number of aromatic nitrogens is 3. The summed E-state index contributed by atoms with van der Waals surface area (Å²) in [7, 11) is 3.85. The van der Waals surface area contributed by atoms with Crippen LogP contribution in [0.15, 0.2) is 18.2 Å². The van der Waals surface area contributed by atoms with E-state index in [2.05, 4.69) is 38.7 Å². The molecule has 0 atom stereocenters. The molecule has 112 valence electrons. The van der Waals surface area contributed by atoms with Crippen molar-refractivity contribution >= 4 is 5.95 Å². The molecule has 2 heterocycles. The lowest BCUT2D eigenvalue weighted by atomic mass is 10.0. The highest BCUT2D eigenvalue weighted by Crippen LogP contribution is 2.25. The third kappa shape index (κ3) is 3.33. The number of nitrogens with zero attached hydrogens (tertiary/aromatic N) is 3. The van der Waals surface area contributed by atoms with E-state index in [1.165, 1.54) is 11.1 Å². The second-order valence-electron chi connectivity index (χ2n) is 5.47. The molecule has 0 radical (unpaired) electrons. The first-order chi connectivity index (χ1) is 10.2. The van der Waals surface area contributed by atoms with Gasteiger partial charge >= 0.3 is 0 Å². The summed E-state index contributed by atoms with van der Waals surface area (Å²) in [5.41, 5.74) is 2.58. The van der Waals surface area contributed by atoms with Gasteiger partial charge in [-0.15, -0.1) is 5.10 Å². The number of nitrogens with one attached hydrogen (secondary N) is 2. The van der Waals surface area contributed by atoms with Crippen LogP contribution in [0.2, 0.25) is 0 Å². The van der Waals surface area contributed by atoms with E-state index in [-0.39, 0.29) is 0 Å². The quantitative estimate of drug-likeness (QED) is 0.872. The number of rotatable bonds is 5. The van der Waals surface area contributed by atoms with Crippen LogP contribution in [0.1, 0.15) is 23.4 Å². The van der Waals surface area contributed by atoms with Gasteiger partial charge in [0, 0.05) is 20.6 Å². The van der Waals surface area contributed by atoms with Crippen molar-refractivity contribution < 1.29 is 4.74 Å². The van der Waals surface area contributed by atoms with E-state index in [0.29, 0.717) is 12.5 Å². The second-order valence-corrected chi connectivity index (χ2v) is 5.47. The molecule has 0 fully saturated rings. The van der Waals surface area contributed by atoms with Gasteiger partial charge in [-0.05, 0) is 30.0 Å². The van der Waals surface area contributed by atoms with E-state index >= 15 is 0 Å². The first-order valence-electron chi connectivity index (χ1n) is 7.26. The summed E-state index contributed by atoms with van der Waals surface area (Å²) < 4.78 is 5.63. The van der Waals surface area contributed by atoms with Crippen LogP contribution >= 0.6 is 0 Å². The zero-order chi connectivity index (χ0) is 14.7.